The van der Waals surface area contributed by atoms with Gasteiger partial charge in [-0.05, 0) is 43.4 Å². The molecule has 1 heterocycles. The maximum absolute atomic E-state index is 6.00. The fourth-order valence-corrected chi connectivity index (χ4v) is 2.05. The fraction of sp³-hybridized carbons (Fsp3) is 0.538. The van der Waals surface area contributed by atoms with Crippen molar-refractivity contribution in [3.05, 3.63) is 34.3 Å². The van der Waals surface area contributed by atoms with E-state index in [0.29, 0.717) is 18.1 Å². The number of aryl methyl sites for hydroxylation is 1. The highest BCUT2D eigenvalue weighted by molar-refractivity contribution is 6.31. The van der Waals surface area contributed by atoms with Crippen LogP contribution in [-0.2, 0) is 4.74 Å². The Balaban J connectivity index is 2.04. The van der Waals surface area contributed by atoms with Crippen molar-refractivity contribution in [3.63, 3.8) is 0 Å². The van der Waals surface area contributed by atoms with Crippen LogP contribution in [0, 0.1) is 6.92 Å². The maximum Gasteiger partial charge on any atom is 0.0844 e. The van der Waals surface area contributed by atoms with Gasteiger partial charge in [-0.3, -0.25) is 0 Å². The van der Waals surface area contributed by atoms with Gasteiger partial charge in [0.1, 0.15) is 0 Å². The SMILES string of the molecule is Cc1cc(C(C)CC2OC2C)ccc1Cl. The number of hydrogen-bond acceptors (Lipinski definition) is 1. The van der Waals surface area contributed by atoms with Crippen LogP contribution in [0.1, 0.15) is 37.3 Å². The molecule has 0 aromatic heterocycles. The molecule has 1 saturated heterocycles. The molecule has 3 unspecified atom stereocenters. The zero-order valence-electron chi connectivity index (χ0n) is 9.46. The van der Waals surface area contributed by atoms with Gasteiger partial charge in [-0.1, -0.05) is 30.7 Å². The van der Waals surface area contributed by atoms with Crippen molar-refractivity contribution in [2.75, 3.05) is 0 Å². The molecular weight excluding hydrogens is 208 g/mol. The molecule has 0 saturated carbocycles. The second-order valence-corrected chi connectivity index (χ2v) is 4.93. The number of rotatable bonds is 3. The first-order chi connectivity index (χ1) is 7.08. The second kappa shape index (κ2) is 4.15. The van der Waals surface area contributed by atoms with Crippen LogP contribution in [0.15, 0.2) is 18.2 Å². The average Bonchev–Trinajstić information content (AvgIpc) is 2.86. The molecule has 0 bridgehead atoms. The van der Waals surface area contributed by atoms with Crippen LogP contribution in [0.2, 0.25) is 5.02 Å². The molecule has 0 N–H and O–H groups in total. The molecule has 0 aliphatic carbocycles. The standard InChI is InChI=1S/C13H17ClO/c1-8(7-13-10(3)15-13)11-4-5-12(14)9(2)6-11/h4-6,8,10,13H,7H2,1-3H3. The molecule has 0 spiro atoms. The fourth-order valence-electron chi connectivity index (χ4n) is 1.94. The summed E-state index contributed by atoms with van der Waals surface area (Å²) in [5.74, 6) is 0.552. The van der Waals surface area contributed by atoms with Gasteiger partial charge in [-0.25, -0.2) is 0 Å². The van der Waals surface area contributed by atoms with Crippen molar-refractivity contribution < 1.29 is 4.74 Å². The highest BCUT2D eigenvalue weighted by Gasteiger charge is 2.35. The quantitative estimate of drug-likeness (QED) is 0.709. The predicted octanol–water partition coefficient (Wildman–Crippen LogP) is 3.93. The van der Waals surface area contributed by atoms with E-state index in [1.54, 1.807) is 0 Å². The minimum Gasteiger partial charge on any atom is -0.370 e. The van der Waals surface area contributed by atoms with E-state index in [-0.39, 0.29) is 0 Å². The third-order valence-electron chi connectivity index (χ3n) is 3.17. The van der Waals surface area contributed by atoms with Gasteiger partial charge < -0.3 is 4.74 Å². The van der Waals surface area contributed by atoms with Crippen LogP contribution < -0.4 is 0 Å². The lowest BCUT2D eigenvalue weighted by Gasteiger charge is -2.11. The van der Waals surface area contributed by atoms with Crippen molar-refractivity contribution in [1.82, 2.24) is 0 Å². The molecule has 1 nitrogen and oxygen atoms in total. The van der Waals surface area contributed by atoms with Crippen molar-refractivity contribution >= 4 is 11.6 Å². The van der Waals surface area contributed by atoms with Crippen molar-refractivity contribution in [2.45, 2.75) is 45.3 Å². The molecule has 1 fully saturated rings. The molecule has 1 aliphatic heterocycles. The molecule has 0 amide bonds. The van der Waals surface area contributed by atoms with Crippen molar-refractivity contribution in [3.8, 4) is 0 Å². The minimum atomic E-state index is 0.459. The highest BCUT2D eigenvalue weighted by atomic mass is 35.5. The van der Waals surface area contributed by atoms with Gasteiger partial charge in [0.05, 0.1) is 12.2 Å². The van der Waals surface area contributed by atoms with Gasteiger partial charge in [-0.15, -0.1) is 0 Å². The van der Waals surface area contributed by atoms with Crippen LogP contribution >= 0.6 is 11.6 Å². The Bertz CT molecular complexity index is 362. The predicted molar refractivity (Wildman–Crippen MR) is 63.6 cm³/mol. The molecule has 1 aliphatic rings. The Kier molecular flexibility index (Phi) is 3.03. The summed E-state index contributed by atoms with van der Waals surface area (Å²) in [6.07, 6.45) is 2.04. The van der Waals surface area contributed by atoms with Gasteiger partial charge >= 0.3 is 0 Å². The van der Waals surface area contributed by atoms with Gasteiger partial charge in [-0.2, -0.15) is 0 Å². The van der Waals surface area contributed by atoms with Crippen LogP contribution in [0.5, 0.6) is 0 Å². The molecule has 3 atom stereocenters. The largest absolute Gasteiger partial charge is 0.370 e. The molecule has 0 radical (unpaired) electrons. The highest BCUT2D eigenvalue weighted by Crippen LogP contribution is 2.33. The van der Waals surface area contributed by atoms with Crippen molar-refractivity contribution in [1.29, 1.82) is 0 Å². The van der Waals surface area contributed by atoms with Crippen LogP contribution in [0.4, 0.5) is 0 Å². The Morgan fingerprint density at radius 2 is 2.13 bits per heavy atom. The van der Waals surface area contributed by atoms with Gasteiger partial charge in [0.15, 0.2) is 0 Å². The Labute approximate surface area is 96.4 Å². The molecule has 2 rings (SSSR count). The van der Waals surface area contributed by atoms with E-state index in [1.807, 2.05) is 6.07 Å². The lowest BCUT2D eigenvalue weighted by molar-refractivity contribution is 0.362. The Morgan fingerprint density at radius 1 is 1.47 bits per heavy atom. The van der Waals surface area contributed by atoms with Gasteiger partial charge in [0, 0.05) is 5.02 Å². The molecule has 15 heavy (non-hydrogen) atoms. The van der Waals surface area contributed by atoms with Crippen LogP contribution in [0.25, 0.3) is 0 Å². The van der Waals surface area contributed by atoms with Crippen LogP contribution in [-0.4, -0.2) is 12.2 Å². The second-order valence-electron chi connectivity index (χ2n) is 4.53. The summed E-state index contributed by atoms with van der Waals surface area (Å²) < 4.78 is 5.44. The molecule has 2 heteroatoms. The number of benzene rings is 1. The summed E-state index contributed by atoms with van der Waals surface area (Å²) in [6, 6.07) is 6.28. The molecular formula is C13H17ClO. The summed E-state index contributed by atoms with van der Waals surface area (Å²) in [4.78, 5) is 0. The number of ether oxygens (including phenoxy) is 1. The normalized spacial score (nSPS) is 26.4. The van der Waals surface area contributed by atoms with Crippen molar-refractivity contribution in [2.24, 2.45) is 0 Å². The lowest BCUT2D eigenvalue weighted by atomic mass is 9.94. The van der Waals surface area contributed by atoms with Crippen LogP contribution in [0.3, 0.4) is 0 Å². The van der Waals surface area contributed by atoms with E-state index in [1.165, 1.54) is 5.56 Å². The van der Waals surface area contributed by atoms with E-state index in [2.05, 4.69) is 32.9 Å². The zero-order chi connectivity index (χ0) is 11.0. The van der Waals surface area contributed by atoms with E-state index >= 15 is 0 Å². The van der Waals surface area contributed by atoms with E-state index in [9.17, 15) is 0 Å². The van der Waals surface area contributed by atoms with Gasteiger partial charge in [0.25, 0.3) is 0 Å². The first kappa shape index (κ1) is 11.0. The summed E-state index contributed by atoms with van der Waals surface area (Å²) in [5.41, 5.74) is 2.52. The molecule has 82 valence electrons. The summed E-state index contributed by atoms with van der Waals surface area (Å²) in [6.45, 7) is 6.43. The minimum absolute atomic E-state index is 0.459. The maximum atomic E-state index is 6.00. The van der Waals surface area contributed by atoms with E-state index in [4.69, 9.17) is 16.3 Å². The number of epoxide rings is 1. The first-order valence-electron chi connectivity index (χ1n) is 5.49. The molecule has 1 aromatic rings. The number of halogens is 1. The monoisotopic (exact) mass is 224 g/mol. The zero-order valence-corrected chi connectivity index (χ0v) is 10.2. The summed E-state index contributed by atoms with van der Waals surface area (Å²) in [5, 5.41) is 0.849. The van der Waals surface area contributed by atoms with E-state index in [0.717, 1.165) is 17.0 Å². The topological polar surface area (TPSA) is 12.5 Å². The summed E-state index contributed by atoms with van der Waals surface area (Å²) >= 11 is 6.00. The van der Waals surface area contributed by atoms with E-state index < -0.39 is 0 Å². The lowest BCUT2D eigenvalue weighted by Crippen LogP contribution is -2.00. The third-order valence-corrected chi connectivity index (χ3v) is 3.60. The van der Waals surface area contributed by atoms with Gasteiger partial charge in [0.2, 0.25) is 0 Å². The molecule has 1 aromatic carbocycles. The average molecular weight is 225 g/mol. The third kappa shape index (κ3) is 2.53. The summed E-state index contributed by atoms with van der Waals surface area (Å²) in [7, 11) is 0. The smallest absolute Gasteiger partial charge is 0.0844 e. The first-order valence-corrected chi connectivity index (χ1v) is 5.87. The number of hydrogen-bond donors (Lipinski definition) is 0. The Morgan fingerprint density at radius 3 is 2.67 bits per heavy atom. The Hall–Kier alpha value is -0.530.